The molecule has 1 aromatic rings. The van der Waals surface area contributed by atoms with Crippen molar-refractivity contribution in [3.05, 3.63) is 35.9 Å². The van der Waals surface area contributed by atoms with E-state index in [2.05, 4.69) is 5.16 Å². The normalized spacial score (nSPS) is 12.4. The molecule has 0 N–H and O–H groups in total. The second-order valence-corrected chi connectivity index (χ2v) is 4.64. The Hall–Kier alpha value is -1.64. The Morgan fingerprint density at radius 1 is 1.19 bits per heavy atom. The molecule has 86 valence electrons. The minimum Gasteiger partial charge on any atom is -0.318 e. The monoisotopic (exact) mass is 219 g/mol. The number of carbonyl (C=O) groups is 1. The standard InChI is InChI=1S/C13H17NO2/c1-10(15)16-14-12(13(2,3)4)11-8-6-5-7-9-11/h5-9H,1-4H3/b14-12+. The molecule has 0 saturated heterocycles. The number of nitrogens with zero attached hydrogens (tertiary/aromatic N) is 1. The first-order chi connectivity index (χ1) is 7.41. The first-order valence-corrected chi connectivity index (χ1v) is 5.23. The van der Waals surface area contributed by atoms with Crippen LogP contribution in [0.5, 0.6) is 0 Å². The van der Waals surface area contributed by atoms with Crippen molar-refractivity contribution in [3.63, 3.8) is 0 Å². The van der Waals surface area contributed by atoms with Crippen molar-refractivity contribution in [2.45, 2.75) is 27.7 Å². The lowest BCUT2D eigenvalue weighted by Gasteiger charge is -2.20. The molecule has 1 rings (SSSR count). The van der Waals surface area contributed by atoms with E-state index in [1.165, 1.54) is 6.92 Å². The van der Waals surface area contributed by atoms with E-state index in [1.807, 2.05) is 51.1 Å². The molecule has 0 fully saturated rings. The van der Waals surface area contributed by atoms with Crippen molar-refractivity contribution >= 4 is 11.7 Å². The lowest BCUT2D eigenvalue weighted by molar-refractivity contribution is -0.141. The van der Waals surface area contributed by atoms with Gasteiger partial charge in [0, 0.05) is 12.3 Å². The van der Waals surface area contributed by atoms with Crippen LogP contribution in [0.4, 0.5) is 0 Å². The lowest BCUT2D eigenvalue weighted by Crippen LogP contribution is -2.22. The average molecular weight is 219 g/mol. The first-order valence-electron chi connectivity index (χ1n) is 5.23. The van der Waals surface area contributed by atoms with Crippen molar-refractivity contribution in [1.82, 2.24) is 0 Å². The molecule has 0 unspecified atom stereocenters. The molecule has 0 spiro atoms. The van der Waals surface area contributed by atoms with Crippen molar-refractivity contribution in [2.24, 2.45) is 10.6 Å². The van der Waals surface area contributed by atoms with Gasteiger partial charge in [-0.3, -0.25) is 0 Å². The third kappa shape index (κ3) is 3.50. The highest BCUT2D eigenvalue weighted by atomic mass is 16.7. The largest absolute Gasteiger partial charge is 0.331 e. The summed E-state index contributed by atoms with van der Waals surface area (Å²) >= 11 is 0. The third-order valence-electron chi connectivity index (χ3n) is 2.02. The topological polar surface area (TPSA) is 38.7 Å². The van der Waals surface area contributed by atoms with Gasteiger partial charge in [0.2, 0.25) is 0 Å². The van der Waals surface area contributed by atoms with Crippen LogP contribution in [0.3, 0.4) is 0 Å². The van der Waals surface area contributed by atoms with Gasteiger partial charge in [-0.2, -0.15) is 0 Å². The van der Waals surface area contributed by atoms with Gasteiger partial charge < -0.3 is 4.84 Å². The van der Waals surface area contributed by atoms with Crippen LogP contribution in [0.15, 0.2) is 35.5 Å². The van der Waals surface area contributed by atoms with E-state index in [1.54, 1.807) is 0 Å². The highest BCUT2D eigenvalue weighted by Gasteiger charge is 2.21. The molecule has 0 heterocycles. The fourth-order valence-electron chi connectivity index (χ4n) is 1.33. The molecule has 3 heteroatoms. The van der Waals surface area contributed by atoms with E-state index >= 15 is 0 Å². The van der Waals surface area contributed by atoms with Gasteiger partial charge in [0.25, 0.3) is 0 Å². The maximum Gasteiger partial charge on any atom is 0.331 e. The molecule has 0 aliphatic carbocycles. The van der Waals surface area contributed by atoms with E-state index in [-0.39, 0.29) is 5.41 Å². The van der Waals surface area contributed by atoms with Crippen LogP contribution in [0, 0.1) is 5.41 Å². The van der Waals surface area contributed by atoms with Gasteiger partial charge in [0.15, 0.2) is 0 Å². The number of benzene rings is 1. The average Bonchev–Trinajstić information content (AvgIpc) is 2.17. The van der Waals surface area contributed by atoms with Gasteiger partial charge in [-0.1, -0.05) is 56.3 Å². The van der Waals surface area contributed by atoms with Crippen molar-refractivity contribution in [1.29, 1.82) is 0 Å². The molecule has 0 bridgehead atoms. The van der Waals surface area contributed by atoms with Crippen LogP contribution in [-0.4, -0.2) is 11.7 Å². The predicted octanol–water partition coefficient (Wildman–Crippen LogP) is 3.00. The van der Waals surface area contributed by atoms with Crippen LogP contribution >= 0.6 is 0 Å². The van der Waals surface area contributed by atoms with Crippen LogP contribution < -0.4 is 0 Å². The molecular weight excluding hydrogens is 202 g/mol. The Bertz CT molecular complexity index is 388. The zero-order valence-corrected chi connectivity index (χ0v) is 10.2. The number of oxime groups is 1. The highest BCUT2D eigenvalue weighted by molar-refractivity contribution is 6.04. The molecule has 16 heavy (non-hydrogen) atoms. The van der Waals surface area contributed by atoms with Crippen molar-refractivity contribution in [2.75, 3.05) is 0 Å². The van der Waals surface area contributed by atoms with E-state index < -0.39 is 5.97 Å². The second-order valence-electron chi connectivity index (χ2n) is 4.64. The Balaban J connectivity index is 3.07. The summed E-state index contributed by atoms with van der Waals surface area (Å²) in [5.74, 6) is -0.405. The fraction of sp³-hybridized carbons (Fsp3) is 0.385. The summed E-state index contributed by atoms with van der Waals surface area (Å²) in [5.41, 5.74) is 1.57. The Morgan fingerprint density at radius 2 is 1.75 bits per heavy atom. The minimum absolute atomic E-state index is 0.170. The zero-order chi connectivity index (χ0) is 12.2. The van der Waals surface area contributed by atoms with E-state index in [0.29, 0.717) is 0 Å². The minimum atomic E-state index is -0.405. The van der Waals surface area contributed by atoms with Gasteiger partial charge in [0.1, 0.15) is 0 Å². The van der Waals surface area contributed by atoms with Gasteiger partial charge in [-0.05, 0) is 5.56 Å². The van der Waals surface area contributed by atoms with E-state index in [4.69, 9.17) is 4.84 Å². The molecule has 0 radical (unpaired) electrons. The number of hydrogen-bond acceptors (Lipinski definition) is 3. The van der Waals surface area contributed by atoms with Crippen LogP contribution in [0.1, 0.15) is 33.3 Å². The summed E-state index contributed by atoms with van der Waals surface area (Å²) in [4.78, 5) is 15.5. The summed E-state index contributed by atoms with van der Waals surface area (Å²) in [6.07, 6.45) is 0. The summed E-state index contributed by atoms with van der Waals surface area (Å²) in [6, 6.07) is 9.71. The summed E-state index contributed by atoms with van der Waals surface area (Å²) in [6.45, 7) is 7.43. The van der Waals surface area contributed by atoms with Gasteiger partial charge in [-0.25, -0.2) is 4.79 Å². The van der Waals surface area contributed by atoms with Crippen LogP contribution in [0.25, 0.3) is 0 Å². The van der Waals surface area contributed by atoms with E-state index in [9.17, 15) is 4.79 Å². The number of rotatable bonds is 2. The van der Waals surface area contributed by atoms with Gasteiger partial charge >= 0.3 is 5.97 Å². The third-order valence-corrected chi connectivity index (χ3v) is 2.02. The Kier molecular flexibility index (Phi) is 3.82. The molecule has 1 aromatic carbocycles. The maximum atomic E-state index is 10.8. The molecule has 0 aliphatic rings. The highest BCUT2D eigenvalue weighted by Crippen LogP contribution is 2.22. The summed E-state index contributed by atoms with van der Waals surface area (Å²) < 4.78 is 0. The molecule has 0 aliphatic heterocycles. The van der Waals surface area contributed by atoms with Crippen LogP contribution in [-0.2, 0) is 9.63 Å². The molecule has 0 amide bonds. The zero-order valence-electron chi connectivity index (χ0n) is 10.2. The number of carbonyl (C=O) groups excluding carboxylic acids is 1. The molecule has 0 saturated carbocycles. The quantitative estimate of drug-likeness (QED) is 0.435. The SMILES string of the molecule is CC(=O)O/N=C(\c1ccccc1)C(C)(C)C. The predicted molar refractivity (Wildman–Crippen MR) is 64.2 cm³/mol. The van der Waals surface area contributed by atoms with Crippen molar-refractivity contribution < 1.29 is 9.63 Å². The fourth-order valence-corrected chi connectivity index (χ4v) is 1.33. The Morgan fingerprint density at radius 3 is 2.19 bits per heavy atom. The van der Waals surface area contributed by atoms with E-state index in [0.717, 1.165) is 11.3 Å². The summed E-state index contributed by atoms with van der Waals surface area (Å²) in [7, 11) is 0. The summed E-state index contributed by atoms with van der Waals surface area (Å²) in [5, 5.41) is 3.93. The maximum absolute atomic E-state index is 10.8. The van der Waals surface area contributed by atoms with Crippen molar-refractivity contribution in [3.8, 4) is 0 Å². The Labute approximate surface area is 96.1 Å². The molecule has 3 nitrogen and oxygen atoms in total. The lowest BCUT2D eigenvalue weighted by atomic mass is 9.86. The van der Waals surface area contributed by atoms with Crippen LogP contribution in [0.2, 0.25) is 0 Å². The smallest absolute Gasteiger partial charge is 0.318 e. The molecule has 0 aromatic heterocycles. The van der Waals surface area contributed by atoms with Gasteiger partial charge in [0.05, 0.1) is 5.71 Å². The molecular formula is C13H17NO2. The number of hydrogen-bond donors (Lipinski definition) is 0. The second kappa shape index (κ2) is 4.92. The van der Waals surface area contributed by atoms with Gasteiger partial charge in [-0.15, -0.1) is 0 Å². The molecule has 0 atom stereocenters. The first kappa shape index (κ1) is 12.4.